The molecular weight excluding hydrogens is 285 g/mol. The quantitative estimate of drug-likeness (QED) is 0.550. The van der Waals surface area contributed by atoms with E-state index >= 15 is 0 Å². The molecule has 3 heteroatoms. The van der Waals surface area contributed by atoms with Gasteiger partial charge in [0.15, 0.2) is 0 Å². The highest BCUT2D eigenvalue weighted by molar-refractivity contribution is 5.26. The zero-order valence-corrected chi connectivity index (χ0v) is 13.2. The van der Waals surface area contributed by atoms with Crippen molar-refractivity contribution in [2.45, 2.75) is 64.0 Å². The van der Waals surface area contributed by atoms with Crippen LogP contribution in [0.2, 0.25) is 0 Å². The molecule has 0 amide bonds. The molecule has 1 saturated carbocycles. The molecule has 0 aromatic heterocycles. The third-order valence-corrected chi connectivity index (χ3v) is 4.52. The summed E-state index contributed by atoms with van der Waals surface area (Å²) in [7, 11) is 0. The first-order valence-electron chi connectivity index (χ1n) is 8.30. The molecule has 1 aliphatic carbocycles. The second kappa shape index (κ2) is 7.85. The number of allylic oxidation sites excluding steroid dienone is 2. The summed E-state index contributed by atoms with van der Waals surface area (Å²) in [6.45, 7) is 2.18. The molecule has 0 nitrogen and oxygen atoms in total. The van der Waals surface area contributed by atoms with Gasteiger partial charge in [-0.3, -0.25) is 0 Å². The van der Waals surface area contributed by atoms with Gasteiger partial charge in [0.1, 0.15) is 0 Å². The van der Waals surface area contributed by atoms with E-state index in [2.05, 4.69) is 31.2 Å². The Hall–Kier alpha value is -1.25. The fraction of sp³-hybridized carbons (Fsp3) is 0.579. The van der Waals surface area contributed by atoms with E-state index in [1.165, 1.54) is 17.2 Å². The van der Waals surface area contributed by atoms with Crippen molar-refractivity contribution in [3.05, 3.63) is 47.5 Å². The number of benzene rings is 1. The van der Waals surface area contributed by atoms with Crippen molar-refractivity contribution in [3.8, 4) is 0 Å². The van der Waals surface area contributed by atoms with Gasteiger partial charge in [-0.25, -0.2) is 0 Å². The molecule has 0 heterocycles. The Morgan fingerprint density at radius 3 is 2.23 bits per heavy atom. The molecule has 22 heavy (non-hydrogen) atoms. The monoisotopic (exact) mass is 310 g/mol. The predicted octanol–water partition coefficient (Wildman–Crippen LogP) is 6.42. The highest BCUT2D eigenvalue weighted by Crippen LogP contribution is 2.36. The van der Waals surface area contributed by atoms with Crippen LogP contribution in [0, 0.1) is 5.92 Å². The van der Waals surface area contributed by atoms with Crippen LogP contribution < -0.4 is 0 Å². The smallest absolute Gasteiger partial charge is 0.171 e. The lowest BCUT2D eigenvalue weighted by atomic mass is 9.78. The molecule has 1 aromatic rings. The maximum atomic E-state index is 12.1. The Labute approximate surface area is 131 Å². The van der Waals surface area contributed by atoms with E-state index in [0.717, 1.165) is 38.5 Å². The molecule has 0 aliphatic heterocycles. The van der Waals surface area contributed by atoms with Crippen molar-refractivity contribution in [1.82, 2.24) is 0 Å². The zero-order chi connectivity index (χ0) is 16.0. The molecule has 0 radical (unpaired) electrons. The molecule has 1 aliphatic rings. The molecule has 0 unspecified atom stereocenters. The Morgan fingerprint density at radius 1 is 1.05 bits per heavy atom. The molecule has 0 spiro atoms. The van der Waals surface area contributed by atoms with Gasteiger partial charge >= 0.3 is 6.18 Å². The van der Waals surface area contributed by atoms with Gasteiger partial charge in [0, 0.05) is 0 Å². The van der Waals surface area contributed by atoms with Crippen LogP contribution >= 0.6 is 0 Å². The number of hydrogen-bond acceptors (Lipinski definition) is 0. The van der Waals surface area contributed by atoms with E-state index in [-0.39, 0.29) is 0 Å². The highest BCUT2D eigenvalue weighted by atomic mass is 19.4. The zero-order valence-electron chi connectivity index (χ0n) is 13.2. The van der Waals surface area contributed by atoms with Gasteiger partial charge in [-0.2, -0.15) is 13.2 Å². The molecule has 0 bridgehead atoms. The van der Waals surface area contributed by atoms with Crippen LogP contribution in [0.15, 0.2) is 36.4 Å². The minimum atomic E-state index is -4.08. The van der Waals surface area contributed by atoms with Gasteiger partial charge in [-0.15, -0.1) is 0 Å². The van der Waals surface area contributed by atoms with Crippen LogP contribution in [0.25, 0.3) is 0 Å². The molecule has 0 saturated heterocycles. The summed E-state index contributed by atoms with van der Waals surface area (Å²) in [5, 5.41) is 0. The number of alkyl halides is 3. The molecule has 0 N–H and O–H groups in total. The van der Waals surface area contributed by atoms with Crippen molar-refractivity contribution in [2.24, 2.45) is 5.92 Å². The maximum Gasteiger partial charge on any atom is 0.392 e. The third-order valence-electron chi connectivity index (χ3n) is 4.52. The van der Waals surface area contributed by atoms with Crippen LogP contribution in [-0.2, 0) is 6.42 Å². The summed E-state index contributed by atoms with van der Waals surface area (Å²) in [4.78, 5) is 0. The summed E-state index contributed by atoms with van der Waals surface area (Å²) in [6.07, 6.45) is 4.62. The summed E-state index contributed by atoms with van der Waals surface area (Å²) in [5.41, 5.74) is 2.77. The van der Waals surface area contributed by atoms with E-state index in [4.69, 9.17) is 0 Å². The van der Waals surface area contributed by atoms with Crippen molar-refractivity contribution >= 4 is 0 Å². The van der Waals surface area contributed by atoms with E-state index in [9.17, 15) is 13.2 Å². The number of aryl methyl sites for hydroxylation is 1. The topological polar surface area (TPSA) is 0 Å². The Morgan fingerprint density at radius 2 is 1.68 bits per heavy atom. The summed E-state index contributed by atoms with van der Waals surface area (Å²) in [6, 6.07) is 8.90. The molecular formula is C19H25F3. The second-order valence-electron chi connectivity index (χ2n) is 6.35. The van der Waals surface area contributed by atoms with E-state index in [0.29, 0.717) is 11.8 Å². The van der Waals surface area contributed by atoms with E-state index in [1.807, 2.05) is 0 Å². The van der Waals surface area contributed by atoms with Crippen LogP contribution in [0.4, 0.5) is 13.2 Å². The fourth-order valence-corrected chi connectivity index (χ4v) is 3.28. The first-order chi connectivity index (χ1) is 10.5. The van der Waals surface area contributed by atoms with E-state index in [1.54, 1.807) is 6.08 Å². The van der Waals surface area contributed by atoms with Gasteiger partial charge in [0.2, 0.25) is 0 Å². The predicted molar refractivity (Wildman–Crippen MR) is 84.9 cm³/mol. The first kappa shape index (κ1) is 17.1. The normalized spacial score (nSPS) is 23.1. The summed E-state index contributed by atoms with van der Waals surface area (Å²) in [5.74, 6) is 0.890. The average Bonchev–Trinajstić information content (AvgIpc) is 2.48. The van der Waals surface area contributed by atoms with Gasteiger partial charge in [0.05, 0.1) is 6.42 Å². The van der Waals surface area contributed by atoms with Crippen LogP contribution in [0.5, 0.6) is 0 Å². The average molecular weight is 310 g/mol. The molecule has 1 aromatic carbocycles. The van der Waals surface area contributed by atoms with Gasteiger partial charge in [0.25, 0.3) is 0 Å². The van der Waals surface area contributed by atoms with E-state index < -0.39 is 12.6 Å². The maximum absolute atomic E-state index is 12.1. The highest BCUT2D eigenvalue weighted by Gasteiger charge is 2.25. The number of halogens is 3. The minimum Gasteiger partial charge on any atom is -0.171 e. The Kier molecular flexibility index (Phi) is 6.10. The fourth-order valence-electron chi connectivity index (χ4n) is 3.28. The second-order valence-corrected chi connectivity index (χ2v) is 6.35. The van der Waals surface area contributed by atoms with Gasteiger partial charge < -0.3 is 0 Å². The lowest BCUT2D eigenvalue weighted by Crippen LogP contribution is -2.12. The molecule has 2 rings (SSSR count). The summed E-state index contributed by atoms with van der Waals surface area (Å²) >= 11 is 0. The van der Waals surface area contributed by atoms with Crippen LogP contribution in [0.1, 0.15) is 62.5 Å². The lowest BCUT2D eigenvalue weighted by Gasteiger charge is -2.27. The van der Waals surface area contributed by atoms with Crippen molar-refractivity contribution in [2.75, 3.05) is 0 Å². The first-order valence-corrected chi connectivity index (χ1v) is 8.30. The largest absolute Gasteiger partial charge is 0.392 e. The van der Waals surface area contributed by atoms with Crippen molar-refractivity contribution in [3.63, 3.8) is 0 Å². The minimum absolute atomic E-state index is 0.318. The SMILES string of the molecule is CCCc1ccc(C2CCC(C=CCC(F)(F)F)CC2)cc1. The Balaban J connectivity index is 1.81. The standard InChI is InChI=1S/C19H25F3/c1-2-4-15-6-10-17(11-7-15)18-12-8-16(9-13-18)5-3-14-19(20,21)22/h3,5-7,10-11,16,18H,2,4,8-9,12-14H2,1H3. The number of hydrogen-bond donors (Lipinski definition) is 0. The van der Waals surface area contributed by atoms with Crippen molar-refractivity contribution in [1.29, 1.82) is 0 Å². The van der Waals surface area contributed by atoms with Crippen molar-refractivity contribution < 1.29 is 13.2 Å². The van der Waals surface area contributed by atoms with Gasteiger partial charge in [-0.1, -0.05) is 49.8 Å². The van der Waals surface area contributed by atoms with Gasteiger partial charge in [-0.05, 0) is 55.1 Å². The Bertz CT molecular complexity index is 462. The summed E-state index contributed by atoms with van der Waals surface area (Å²) < 4.78 is 36.4. The number of rotatable bonds is 5. The third kappa shape index (κ3) is 5.51. The molecule has 122 valence electrons. The van der Waals surface area contributed by atoms with Crippen LogP contribution in [-0.4, -0.2) is 6.18 Å². The molecule has 0 atom stereocenters. The van der Waals surface area contributed by atoms with Crippen LogP contribution in [0.3, 0.4) is 0 Å². The lowest BCUT2D eigenvalue weighted by molar-refractivity contribution is -0.125. The molecule has 1 fully saturated rings.